The lowest BCUT2D eigenvalue weighted by Gasteiger charge is -2.08. The van der Waals surface area contributed by atoms with Gasteiger partial charge < -0.3 is 20.1 Å². The molecule has 3 aromatic rings. The zero-order valence-electron chi connectivity index (χ0n) is 14.3. The van der Waals surface area contributed by atoms with Gasteiger partial charge in [-0.05, 0) is 48.5 Å². The van der Waals surface area contributed by atoms with E-state index in [0.29, 0.717) is 17.3 Å². The molecule has 8 heteroatoms. The number of hydrogen-bond donors (Lipinski definition) is 2. The molecule has 0 unspecified atom stereocenters. The summed E-state index contributed by atoms with van der Waals surface area (Å²) in [5, 5.41) is 14.1. The second-order valence-electron chi connectivity index (χ2n) is 5.21. The number of carbonyl (C=O) groups excluding carboxylic acids is 1. The molecule has 0 atom stereocenters. The standard InChI is InChI=1S/C18H17N5O3/c1-25-15-9-7-14(8-10-15)21-18-22-16(11-19-23-18)20-13-5-3-12(4-6-13)17(24)26-2/h3-11H,1-2H3,(H2,20,21,22,23). The van der Waals surface area contributed by atoms with Gasteiger partial charge in [-0.2, -0.15) is 10.1 Å². The first-order valence-corrected chi connectivity index (χ1v) is 7.74. The van der Waals surface area contributed by atoms with Gasteiger partial charge in [0.1, 0.15) is 5.75 Å². The average Bonchev–Trinajstić information content (AvgIpc) is 2.69. The van der Waals surface area contributed by atoms with Gasteiger partial charge in [0.05, 0.1) is 26.0 Å². The van der Waals surface area contributed by atoms with Crippen molar-refractivity contribution in [3.05, 3.63) is 60.3 Å². The highest BCUT2D eigenvalue weighted by molar-refractivity contribution is 5.89. The summed E-state index contributed by atoms with van der Waals surface area (Å²) in [6.45, 7) is 0. The number of ether oxygens (including phenoxy) is 2. The molecule has 0 amide bonds. The van der Waals surface area contributed by atoms with E-state index in [1.165, 1.54) is 13.3 Å². The van der Waals surface area contributed by atoms with Crippen LogP contribution >= 0.6 is 0 Å². The van der Waals surface area contributed by atoms with Crippen LogP contribution in [0.5, 0.6) is 5.75 Å². The fourth-order valence-electron chi connectivity index (χ4n) is 2.18. The van der Waals surface area contributed by atoms with Gasteiger partial charge in [-0.3, -0.25) is 0 Å². The first-order chi connectivity index (χ1) is 12.7. The number of aromatic nitrogens is 3. The van der Waals surface area contributed by atoms with E-state index in [2.05, 4.69) is 30.6 Å². The van der Waals surface area contributed by atoms with Gasteiger partial charge >= 0.3 is 5.97 Å². The SMILES string of the molecule is COC(=O)c1ccc(Nc2cnnc(Nc3ccc(OC)cc3)n2)cc1. The number of nitrogens with zero attached hydrogens (tertiary/aromatic N) is 3. The van der Waals surface area contributed by atoms with Crippen LogP contribution in [0.4, 0.5) is 23.1 Å². The Morgan fingerprint density at radius 1 is 0.923 bits per heavy atom. The number of esters is 1. The smallest absolute Gasteiger partial charge is 0.337 e. The number of methoxy groups -OCH3 is 2. The van der Waals surface area contributed by atoms with Crippen molar-refractivity contribution in [1.29, 1.82) is 0 Å². The van der Waals surface area contributed by atoms with Crippen molar-refractivity contribution in [2.45, 2.75) is 0 Å². The van der Waals surface area contributed by atoms with Crippen molar-refractivity contribution in [3.63, 3.8) is 0 Å². The van der Waals surface area contributed by atoms with Crippen LogP contribution in [-0.4, -0.2) is 35.4 Å². The fourth-order valence-corrected chi connectivity index (χ4v) is 2.18. The molecule has 3 rings (SSSR count). The monoisotopic (exact) mass is 351 g/mol. The van der Waals surface area contributed by atoms with Crippen molar-refractivity contribution in [1.82, 2.24) is 15.2 Å². The average molecular weight is 351 g/mol. The number of hydrogen-bond acceptors (Lipinski definition) is 8. The highest BCUT2D eigenvalue weighted by atomic mass is 16.5. The third-order valence-electron chi connectivity index (χ3n) is 3.48. The van der Waals surface area contributed by atoms with E-state index >= 15 is 0 Å². The van der Waals surface area contributed by atoms with Crippen LogP contribution in [0.2, 0.25) is 0 Å². The molecule has 2 N–H and O–H groups in total. The van der Waals surface area contributed by atoms with E-state index < -0.39 is 0 Å². The third-order valence-corrected chi connectivity index (χ3v) is 3.48. The molecule has 2 aromatic carbocycles. The van der Waals surface area contributed by atoms with Gasteiger partial charge in [-0.15, -0.1) is 5.10 Å². The Bertz CT molecular complexity index is 882. The van der Waals surface area contributed by atoms with Crippen LogP contribution in [0.25, 0.3) is 0 Å². The van der Waals surface area contributed by atoms with Crippen LogP contribution in [0, 0.1) is 0 Å². The van der Waals surface area contributed by atoms with E-state index in [-0.39, 0.29) is 5.97 Å². The van der Waals surface area contributed by atoms with Gasteiger partial charge in [-0.1, -0.05) is 0 Å². The lowest BCUT2D eigenvalue weighted by molar-refractivity contribution is 0.0601. The Hall–Kier alpha value is -3.68. The number of nitrogens with one attached hydrogen (secondary N) is 2. The Labute approximate surface area is 150 Å². The Kier molecular flexibility index (Phi) is 5.23. The van der Waals surface area contributed by atoms with Gasteiger partial charge in [0, 0.05) is 11.4 Å². The van der Waals surface area contributed by atoms with E-state index in [4.69, 9.17) is 4.74 Å². The molecular weight excluding hydrogens is 334 g/mol. The van der Waals surface area contributed by atoms with Crippen molar-refractivity contribution in [2.24, 2.45) is 0 Å². The Morgan fingerprint density at radius 3 is 2.23 bits per heavy atom. The summed E-state index contributed by atoms with van der Waals surface area (Å²) < 4.78 is 9.80. The van der Waals surface area contributed by atoms with E-state index in [0.717, 1.165) is 17.1 Å². The number of benzene rings is 2. The minimum Gasteiger partial charge on any atom is -0.497 e. The first kappa shape index (κ1) is 17.2. The molecule has 0 aliphatic rings. The minimum absolute atomic E-state index is 0.353. The molecule has 132 valence electrons. The molecule has 8 nitrogen and oxygen atoms in total. The second-order valence-corrected chi connectivity index (χ2v) is 5.21. The molecule has 1 aromatic heterocycles. The van der Waals surface area contributed by atoms with Crippen LogP contribution in [0.1, 0.15) is 10.4 Å². The third kappa shape index (κ3) is 4.23. The molecule has 0 saturated heterocycles. The van der Waals surface area contributed by atoms with Crippen LogP contribution in [0.3, 0.4) is 0 Å². The van der Waals surface area contributed by atoms with Crippen LogP contribution in [0.15, 0.2) is 54.7 Å². The summed E-state index contributed by atoms with van der Waals surface area (Å²) in [4.78, 5) is 15.8. The zero-order chi connectivity index (χ0) is 18.4. The molecule has 0 bridgehead atoms. The summed E-state index contributed by atoms with van der Waals surface area (Å²) in [6, 6.07) is 14.2. The van der Waals surface area contributed by atoms with Gasteiger partial charge in [0.25, 0.3) is 0 Å². The van der Waals surface area contributed by atoms with E-state index in [1.54, 1.807) is 31.4 Å². The van der Waals surface area contributed by atoms with Gasteiger partial charge in [0.15, 0.2) is 5.82 Å². The first-order valence-electron chi connectivity index (χ1n) is 7.74. The minimum atomic E-state index is -0.383. The van der Waals surface area contributed by atoms with Crippen molar-refractivity contribution in [2.75, 3.05) is 24.9 Å². The maximum Gasteiger partial charge on any atom is 0.337 e. The molecule has 0 fully saturated rings. The summed E-state index contributed by atoms with van der Waals surface area (Å²) in [5.74, 6) is 1.25. The lowest BCUT2D eigenvalue weighted by atomic mass is 10.2. The van der Waals surface area contributed by atoms with Crippen LogP contribution < -0.4 is 15.4 Å². The van der Waals surface area contributed by atoms with E-state index in [9.17, 15) is 4.79 Å². The predicted molar refractivity (Wildman–Crippen MR) is 97.2 cm³/mol. The number of carbonyl (C=O) groups is 1. The molecule has 0 spiro atoms. The maximum absolute atomic E-state index is 11.5. The molecule has 26 heavy (non-hydrogen) atoms. The number of anilines is 4. The highest BCUT2D eigenvalue weighted by Gasteiger charge is 2.06. The summed E-state index contributed by atoms with van der Waals surface area (Å²) in [7, 11) is 2.96. The molecular formula is C18H17N5O3. The molecule has 0 radical (unpaired) electrons. The van der Waals surface area contributed by atoms with Crippen LogP contribution in [-0.2, 0) is 4.74 Å². The summed E-state index contributed by atoms with van der Waals surface area (Å²) >= 11 is 0. The molecule has 0 saturated carbocycles. The predicted octanol–water partition coefficient (Wildman–Crippen LogP) is 3.15. The fraction of sp³-hybridized carbons (Fsp3) is 0.111. The quantitative estimate of drug-likeness (QED) is 0.654. The highest BCUT2D eigenvalue weighted by Crippen LogP contribution is 2.19. The second kappa shape index (κ2) is 7.93. The Morgan fingerprint density at radius 2 is 1.58 bits per heavy atom. The largest absolute Gasteiger partial charge is 0.497 e. The molecule has 0 aliphatic heterocycles. The van der Waals surface area contributed by atoms with Crippen molar-refractivity contribution >= 4 is 29.1 Å². The maximum atomic E-state index is 11.5. The normalized spacial score (nSPS) is 10.1. The molecule has 1 heterocycles. The van der Waals surface area contributed by atoms with Gasteiger partial charge in [-0.25, -0.2) is 4.79 Å². The summed E-state index contributed by atoms with van der Waals surface area (Å²) in [6.07, 6.45) is 1.51. The molecule has 0 aliphatic carbocycles. The zero-order valence-corrected chi connectivity index (χ0v) is 14.3. The topological polar surface area (TPSA) is 98.3 Å². The van der Waals surface area contributed by atoms with E-state index in [1.807, 2.05) is 24.3 Å². The van der Waals surface area contributed by atoms with Crippen molar-refractivity contribution in [3.8, 4) is 5.75 Å². The Balaban J connectivity index is 1.69. The number of rotatable bonds is 6. The van der Waals surface area contributed by atoms with Crippen molar-refractivity contribution < 1.29 is 14.3 Å². The summed E-state index contributed by atoms with van der Waals surface area (Å²) in [5.41, 5.74) is 2.04. The lowest BCUT2D eigenvalue weighted by Crippen LogP contribution is -2.03. The van der Waals surface area contributed by atoms with Gasteiger partial charge in [0.2, 0.25) is 5.95 Å².